The Kier molecular flexibility index (Phi) is 6.20. The van der Waals surface area contributed by atoms with Gasteiger partial charge in [0, 0.05) is 32.3 Å². The van der Waals surface area contributed by atoms with E-state index in [4.69, 9.17) is 4.42 Å². The van der Waals surface area contributed by atoms with Gasteiger partial charge in [-0.05, 0) is 199 Å². The number of benzene rings is 6. The molecule has 0 spiro atoms. The Morgan fingerprint density at radius 2 is 0.950 bits per heavy atom. The Hall–Kier alpha value is -6.10. The summed E-state index contributed by atoms with van der Waals surface area (Å²) in [6.07, 6.45) is 12.5. The Morgan fingerprint density at radius 1 is 0.450 bits per heavy atom. The van der Waals surface area contributed by atoms with Crippen molar-refractivity contribution in [2.24, 2.45) is 23.7 Å². The van der Waals surface area contributed by atoms with Crippen molar-refractivity contribution in [3.05, 3.63) is 124 Å². The molecule has 0 N–H and O–H groups in total. The van der Waals surface area contributed by atoms with Crippen LogP contribution in [0.4, 0.5) is 0 Å². The highest BCUT2D eigenvalue weighted by molar-refractivity contribution is 6.27. The summed E-state index contributed by atoms with van der Waals surface area (Å²) in [6.45, 7) is 0. The first-order chi connectivity index (χ1) is 29.6. The second-order valence-corrected chi connectivity index (χ2v) is 20.2. The van der Waals surface area contributed by atoms with Gasteiger partial charge in [-0.25, -0.2) is 0 Å². The van der Waals surface area contributed by atoms with Crippen LogP contribution >= 0.6 is 0 Å². The van der Waals surface area contributed by atoms with E-state index < -0.39 is 0 Å². The molecule has 17 rings (SSSR count). The summed E-state index contributed by atoms with van der Waals surface area (Å²) < 4.78 is 9.10. The third kappa shape index (κ3) is 4.11. The van der Waals surface area contributed by atoms with Gasteiger partial charge in [-0.1, -0.05) is 48.5 Å². The van der Waals surface area contributed by atoms with Crippen LogP contribution in [0.3, 0.4) is 0 Å². The molecule has 4 heteroatoms. The summed E-state index contributed by atoms with van der Waals surface area (Å²) in [5.41, 5.74) is 17.7. The normalized spacial score (nSPS) is 27.3. The average Bonchev–Trinajstić information content (AvgIpc) is 3.83. The molecule has 60 heavy (non-hydrogen) atoms. The molecule has 6 aromatic carbocycles. The SMILES string of the molecule is N#Cc1cc2c(c3c1C1CC4CC(C1)CC3C4)c1cc(-c3cc4c(cc3-c3ccccc3)oc3ccccc34)cc3c4c5c(c(C#N)cc4n2c13)C1CC2CC(C1)CC5C2. The minimum Gasteiger partial charge on any atom is -0.456 e. The Labute approximate surface area is 348 Å². The summed E-state index contributed by atoms with van der Waals surface area (Å²) in [5, 5.41) is 29.8. The van der Waals surface area contributed by atoms with Gasteiger partial charge in [0.2, 0.25) is 0 Å². The van der Waals surface area contributed by atoms with Gasteiger partial charge in [-0.15, -0.1) is 0 Å². The van der Waals surface area contributed by atoms with Crippen molar-refractivity contribution in [3.63, 3.8) is 0 Å². The standard InChI is InChI=1S/C56H43N3O/c57-26-38-22-46-54(52-36-16-28-10-29(17-36)13-34(12-28)50(38)52)44-20-33(41-24-43-40-8-4-5-9-48(40)60-49(43)25-42(41)32-6-2-1-3-7-32)21-45-55-47(59(46)56(44)45)23-39(27-58)51-35-14-30-11-31(15-35)19-37(18-30)53(51)55/h1-9,20-25,28-31,34-37H,10-19H2. The van der Waals surface area contributed by atoms with Crippen molar-refractivity contribution in [1.29, 1.82) is 10.5 Å². The van der Waals surface area contributed by atoms with Gasteiger partial charge in [0.15, 0.2) is 0 Å². The number of hydrogen-bond donors (Lipinski definition) is 0. The minimum absolute atomic E-state index is 0.458. The molecule has 3 aromatic heterocycles. The average molecular weight is 774 g/mol. The first kappa shape index (κ1) is 32.7. The van der Waals surface area contributed by atoms with Crippen molar-refractivity contribution in [3.8, 4) is 34.4 Å². The Balaban J connectivity index is 1.14. The maximum Gasteiger partial charge on any atom is 0.136 e. The van der Waals surface area contributed by atoms with E-state index in [9.17, 15) is 10.5 Å². The lowest BCUT2D eigenvalue weighted by Gasteiger charge is -2.38. The van der Waals surface area contributed by atoms with Gasteiger partial charge in [0.1, 0.15) is 11.2 Å². The molecule has 8 bridgehead atoms. The van der Waals surface area contributed by atoms with Crippen molar-refractivity contribution in [2.45, 2.75) is 87.9 Å². The predicted molar refractivity (Wildman–Crippen MR) is 240 cm³/mol. The van der Waals surface area contributed by atoms with Crippen LogP contribution in [0.5, 0.6) is 0 Å². The number of hydrogen-bond acceptors (Lipinski definition) is 3. The van der Waals surface area contributed by atoms with Crippen LogP contribution in [-0.2, 0) is 0 Å². The highest BCUT2D eigenvalue weighted by Gasteiger charge is 2.47. The molecule has 9 aromatic rings. The second-order valence-electron chi connectivity index (χ2n) is 20.2. The van der Waals surface area contributed by atoms with Crippen molar-refractivity contribution >= 4 is 60.0 Å². The fourth-order valence-corrected chi connectivity index (χ4v) is 15.5. The molecule has 4 nitrogen and oxygen atoms in total. The molecule has 4 unspecified atom stereocenters. The molecule has 0 amide bonds. The molecule has 4 saturated carbocycles. The number of nitriles is 2. The van der Waals surface area contributed by atoms with Gasteiger partial charge in [-0.3, -0.25) is 0 Å². The first-order valence-electron chi connectivity index (χ1n) is 22.8. The molecule has 4 fully saturated rings. The van der Waals surface area contributed by atoms with E-state index in [0.717, 1.165) is 56.7 Å². The van der Waals surface area contributed by atoms with Crippen molar-refractivity contribution in [1.82, 2.24) is 4.40 Å². The summed E-state index contributed by atoms with van der Waals surface area (Å²) in [4.78, 5) is 0. The smallest absolute Gasteiger partial charge is 0.136 e. The number of para-hydroxylation sites is 1. The number of rotatable bonds is 2. The van der Waals surface area contributed by atoms with Crippen molar-refractivity contribution in [2.75, 3.05) is 0 Å². The highest BCUT2D eigenvalue weighted by atomic mass is 16.3. The molecule has 288 valence electrons. The van der Waals surface area contributed by atoms with Crippen LogP contribution in [0, 0.1) is 46.3 Å². The zero-order valence-corrected chi connectivity index (χ0v) is 33.6. The quantitative estimate of drug-likeness (QED) is 0.176. The van der Waals surface area contributed by atoms with Crippen LogP contribution in [-0.4, -0.2) is 4.40 Å². The molecule has 0 aliphatic heterocycles. The lowest BCUT2D eigenvalue weighted by Crippen LogP contribution is -2.25. The summed E-state index contributed by atoms with van der Waals surface area (Å²) >= 11 is 0. The first-order valence-corrected chi connectivity index (χ1v) is 22.8. The minimum atomic E-state index is 0.458. The Morgan fingerprint density at radius 3 is 1.50 bits per heavy atom. The van der Waals surface area contributed by atoms with E-state index in [1.165, 1.54) is 147 Å². The van der Waals surface area contributed by atoms with Crippen LogP contribution in [0.15, 0.2) is 95.4 Å². The van der Waals surface area contributed by atoms with Crippen molar-refractivity contribution < 1.29 is 4.42 Å². The van der Waals surface area contributed by atoms with Crippen LogP contribution in [0.25, 0.3) is 82.3 Å². The molecular formula is C56H43N3O. The second kappa shape index (κ2) is 11.4. The zero-order chi connectivity index (χ0) is 39.1. The third-order valence-corrected chi connectivity index (χ3v) is 17.2. The highest BCUT2D eigenvalue weighted by Crippen LogP contribution is 2.62. The fraction of sp³-hybridized carbons (Fsp3) is 0.321. The van der Waals surface area contributed by atoms with E-state index in [2.05, 4.69) is 108 Å². The van der Waals surface area contributed by atoms with Gasteiger partial charge >= 0.3 is 0 Å². The number of fused-ring (bicyclic) bond motifs is 9. The van der Waals surface area contributed by atoms with Gasteiger partial charge < -0.3 is 8.82 Å². The van der Waals surface area contributed by atoms with E-state index in [-0.39, 0.29) is 0 Å². The molecule has 4 atom stereocenters. The maximum absolute atomic E-state index is 11.1. The largest absolute Gasteiger partial charge is 0.456 e. The molecule has 8 aliphatic rings. The molecule has 3 heterocycles. The van der Waals surface area contributed by atoms with Gasteiger partial charge in [0.25, 0.3) is 0 Å². The third-order valence-electron chi connectivity index (χ3n) is 17.2. The molecule has 0 radical (unpaired) electrons. The van der Waals surface area contributed by atoms with Gasteiger partial charge in [-0.2, -0.15) is 10.5 Å². The van der Waals surface area contributed by atoms with Gasteiger partial charge in [0.05, 0.1) is 39.8 Å². The van der Waals surface area contributed by atoms with E-state index >= 15 is 0 Å². The predicted octanol–water partition coefficient (Wildman–Crippen LogP) is 14.6. The fourth-order valence-electron chi connectivity index (χ4n) is 15.5. The van der Waals surface area contributed by atoms with Crippen LogP contribution in [0.2, 0.25) is 0 Å². The molecular weight excluding hydrogens is 731 g/mol. The topological polar surface area (TPSA) is 65.1 Å². The maximum atomic E-state index is 11.1. The van der Waals surface area contributed by atoms with E-state index in [1.807, 2.05) is 0 Å². The summed E-state index contributed by atoms with van der Waals surface area (Å²) in [5.74, 6) is 4.85. The zero-order valence-electron chi connectivity index (χ0n) is 33.6. The Bertz CT molecular complexity index is 3300. The van der Waals surface area contributed by atoms with Crippen LogP contribution in [0.1, 0.15) is 121 Å². The lowest BCUT2D eigenvalue weighted by molar-refractivity contribution is 0.166. The number of aromatic nitrogens is 1. The molecule has 0 saturated heterocycles. The summed E-state index contributed by atoms with van der Waals surface area (Å²) in [6, 6.07) is 39.2. The van der Waals surface area contributed by atoms with Crippen LogP contribution < -0.4 is 0 Å². The number of furan rings is 1. The number of nitrogens with zero attached hydrogens (tertiary/aromatic N) is 3. The monoisotopic (exact) mass is 773 g/mol. The molecule has 8 aliphatic carbocycles. The lowest BCUT2D eigenvalue weighted by atomic mass is 9.67. The van der Waals surface area contributed by atoms with E-state index in [0.29, 0.717) is 23.7 Å². The summed E-state index contributed by atoms with van der Waals surface area (Å²) in [7, 11) is 0. The van der Waals surface area contributed by atoms with E-state index in [1.54, 1.807) is 0 Å².